The Hall–Kier alpha value is -1.17. The first-order valence-electron chi connectivity index (χ1n) is 6.53. The van der Waals surface area contributed by atoms with Crippen LogP contribution >= 0.6 is 0 Å². The largest absolute Gasteiger partial charge is 0.459 e. The second-order valence-electron chi connectivity index (χ2n) is 5.81. The van der Waals surface area contributed by atoms with Gasteiger partial charge in [0.05, 0.1) is 18.1 Å². The minimum atomic E-state index is -1.31. The first-order chi connectivity index (χ1) is 8.91. The molecule has 2 saturated carbocycles. The molecule has 0 spiro atoms. The van der Waals surface area contributed by atoms with Crippen molar-refractivity contribution in [1.29, 1.82) is 0 Å². The lowest BCUT2D eigenvalue weighted by molar-refractivity contribution is -0.148. The molecule has 3 aliphatic rings. The molecular formula is C14H18O5. The molecule has 7 atom stereocenters. The number of carbonyl (C=O) groups is 1. The van der Waals surface area contributed by atoms with E-state index < -0.39 is 36.3 Å². The van der Waals surface area contributed by atoms with E-state index in [4.69, 9.17) is 4.74 Å². The van der Waals surface area contributed by atoms with Crippen molar-refractivity contribution < 1.29 is 24.9 Å². The molecule has 5 nitrogen and oxygen atoms in total. The SMILES string of the molecule is C=C1[C@@H]2[C@H]3OC(=O)[C@@H](O)[C@@H]3[C@@H](O)CC(=C)[C@@H]2C[C@@H]1O. The van der Waals surface area contributed by atoms with E-state index in [9.17, 15) is 20.1 Å². The smallest absolute Gasteiger partial charge is 0.335 e. The van der Waals surface area contributed by atoms with Gasteiger partial charge in [0.2, 0.25) is 0 Å². The van der Waals surface area contributed by atoms with Crippen molar-refractivity contribution in [3.05, 3.63) is 24.3 Å². The summed E-state index contributed by atoms with van der Waals surface area (Å²) in [4.78, 5) is 11.6. The van der Waals surface area contributed by atoms with Gasteiger partial charge in [0, 0.05) is 5.92 Å². The van der Waals surface area contributed by atoms with Crippen LogP contribution in [0.5, 0.6) is 0 Å². The predicted molar refractivity (Wildman–Crippen MR) is 65.9 cm³/mol. The van der Waals surface area contributed by atoms with Crippen molar-refractivity contribution in [2.45, 2.75) is 37.3 Å². The highest BCUT2D eigenvalue weighted by Gasteiger charge is 2.57. The minimum Gasteiger partial charge on any atom is -0.459 e. The lowest BCUT2D eigenvalue weighted by Gasteiger charge is -2.27. The van der Waals surface area contributed by atoms with Gasteiger partial charge in [0.15, 0.2) is 6.10 Å². The van der Waals surface area contributed by atoms with Crippen LogP contribution < -0.4 is 0 Å². The molecule has 3 rings (SSSR count). The number of aliphatic hydroxyl groups excluding tert-OH is 3. The Bertz CT molecular complexity index is 457. The van der Waals surface area contributed by atoms with Crippen LogP contribution in [0.15, 0.2) is 24.3 Å². The van der Waals surface area contributed by atoms with Gasteiger partial charge in [0.25, 0.3) is 0 Å². The summed E-state index contributed by atoms with van der Waals surface area (Å²) in [5.74, 6) is -1.67. The molecule has 19 heavy (non-hydrogen) atoms. The Morgan fingerprint density at radius 2 is 1.89 bits per heavy atom. The molecule has 5 heteroatoms. The van der Waals surface area contributed by atoms with E-state index in [0.29, 0.717) is 18.4 Å². The molecule has 3 N–H and O–H groups in total. The normalized spacial score (nSPS) is 49.6. The van der Waals surface area contributed by atoms with E-state index in [-0.39, 0.29) is 11.8 Å². The van der Waals surface area contributed by atoms with Crippen LogP contribution in [-0.4, -0.2) is 45.7 Å². The van der Waals surface area contributed by atoms with Gasteiger partial charge in [-0.3, -0.25) is 0 Å². The molecule has 1 saturated heterocycles. The highest BCUT2D eigenvalue weighted by molar-refractivity contribution is 5.77. The Kier molecular flexibility index (Phi) is 2.81. The van der Waals surface area contributed by atoms with Gasteiger partial charge in [-0.2, -0.15) is 0 Å². The molecule has 3 fully saturated rings. The molecule has 0 radical (unpaired) electrons. The third kappa shape index (κ3) is 1.69. The molecule has 0 aromatic heterocycles. The zero-order valence-electron chi connectivity index (χ0n) is 10.5. The predicted octanol–water partition coefficient (Wildman–Crippen LogP) is -0.237. The van der Waals surface area contributed by atoms with E-state index in [1.807, 2.05) is 0 Å². The third-order valence-electron chi connectivity index (χ3n) is 4.80. The fraction of sp³-hybridized carbons (Fsp3) is 0.643. The van der Waals surface area contributed by atoms with E-state index >= 15 is 0 Å². The first kappa shape index (κ1) is 12.8. The maximum absolute atomic E-state index is 11.6. The number of aliphatic hydroxyl groups is 3. The molecule has 0 bridgehead atoms. The number of ether oxygens (including phenoxy) is 1. The maximum atomic E-state index is 11.6. The Labute approximate surface area is 111 Å². The molecule has 0 unspecified atom stereocenters. The highest BCUT2D eigenvalue weighted by Crippen LogP contribution is 2.51. The zero-order valence-corrected chi connectivity index (χ0v) is 10.5. The fourth-order valence-electron chi connectivity index (χ4n) is 3.80. The topological polar surface area (TPSA) is 87.0 Å². The number of fused-ring (bicyclic) bond motifs is 3. The van der Waals surface area contributed by atoms with Crippen molar-refractivity contribution in [3.8, 4) is 0 Å². The maximum Gasteiger partial charge on any atom is 0.335 e. The zero-order chi connectivity index (χ0) is 13.9. The second kappa shape index (κ2) is 4.16. The number of hydrogen-bond acceptors (Lipinski definition) is 5. The lowest BCUT2D eigenvalue weighted by atomic mass is 9.82. The van der Waals surface area contributed by atoms with Gasteiger partial charge < -0.3 is 20.1 Å². The summed E-state index contributed by atoms with van der Waals surface area (Å²) in [5.41, 5.74) is 1.44. The van der Waals surface area contributed by atoms with Crippen LogP contribution in [0.2, 0.25) is 0 Å². The van der Waals surface area contributed by atoms with Gasteiger partial charge in [-0.1, -0.05) is 18.7 Å². The van der Waals surface area contributed by atoms with Gasteiger partial charge in [0.1, 0.15) is 6.10 Å². The van der Waals surface area contributed by atoms with Gasteiger partial charge >= 0.3 is 5.97 Å². The minimum absolute atomic E-state index is 0.0507. The van der Waals surface area contributed by atoms with Crippen LogP contribution in [0.1, 0.15) is 12.8 Å². The fourth-order valence-corrected chi connectivity index (χ4v) is 3.80. The average molecular weight is 266 g/mol. The monoisotopic (exact) mass is 266 g/mol. The standard InChI is InChI=1S/C14H18O5/c1-5-3-9(16)11-12(17)14(18)19-13(11)10-6(2)8(15)4-7(5)10/h7-13,15-17H,1-4H2/t7-,8-,9-,10-,11-,12-,13+/m0/s1. The molecule has 1 heterocycles. The number of esters is 1. The Morgan fingerprint density at radius 1 is 1.21 bits per heavy atom. The van der Waals surface area contributed by atoms with E-state index in [1.54, 1.807) is 0 Å². The average Bonchev–Trinajstić information content (AvgIpc) is 2.75. The van der Waals surface area contributed by atoms with Gasteiger partial charge in [-0.25, -0.2) is 4.79 Å². The second-order valence-corrected chi connectivity index (χ2v) is 5.81. The summed E-state index contributed by atoms with van der Waals surface area (Å²) in [6.07, 6.45) is -2.61. The molecule has 0 aromatic carbocycles. The van der Waals surface area contributed by atoms with E-state index in [2.05, 4.69) is 13.2 Å². The molecule has 0 amide bonds. The molecule has 104 valence electrons. The van der Waals surface area contributed by atoms with Crippen molar-refractivity contribution in [2.75, 3.05) is 0 Å². The van der Waals surface area contributed by atoms with Crippen LogP contribution in [0, 0.1) is 17.8 Å². The molecular weight excluding hydrogens is 248 g/mol. The van der Waals surface area contributed by atoms with Crippen LogP contribution in [0.3, 0.4) is 0 Å². The summed E-state index contributed by atoms with van der Waals surface area (Å²) in [6, 6.07) is 0. The van der Waals surface area contributed by atoms with Gasteiger partial charge in [-0.15, -0.1) is 0 Å². The molecule has 1 aliphatic heterocycles. The van der Waals surface area contributed by atoms with Crippen molar-refractivity contribution >= 4 is 5.97 Å². The highest BCUT2D eigenvalue weighted by atomic mass is 16.6. The Balaban J connectivity index is 2.03. The van der Waals surface area contributed by atoms with Gasteiger partial charge in [-0.05, 0) is 24.3 Å². The van der Waals surface area contributed by atoms with Crippen LogP contribution in [0.4, 0.5) is 0 Å². The van der Waals surface area contributed by atoms with E-state index in [0.717, 1.165) is 5.57 Å². The lowest BCUT2D eigenvalue weighted by Crippen LogP contribution is -2.38. The van der Waals surface area contributed by atoms with Crippen LogP contribution in [0.25, 0.3) is 0 Å². The number of carbonyl (C=O) groups excluding carboxylic acids is 1. The first-order valence-corrected chi connectivity index (χ1v) is 6.53. The van der Waals surface area contributed by atoms with E-state index in [1.165, 1.54) is 0 Å². The van der Waals surface area contributed by atoms with Crippen LogP contribution in [-0.2, 0) is 9.53 Å². The summed E-state index contributed by atoms with van der Waals surface area (Å²) < 4.78 is 5.25. The summed E-state index contributed by atoms with van der Waals surface area (Å²) in [6.45, 7) is 7.86. The molecule has 0 aromatic rings. The summed E-state index contributed by atoms with van der Waals surface area (Å²) in [5, 5.41) is 30.0. The number of rotatable bonds is 0. The summed E-state index contributed by atoms with van der Waals surface area (Å²) >= 11 is 0. The van der Waals surface area contributed by atoms with Crippen molar-refractivity contribution in [1.82, 2.24) is 0 Å². The number of hydrogen-bond donors (Lipinski definition) is 3. The van der Waals surface area contributed by atoms with Crippen molar-refractivity contribution in [2.24, 2.45) is 17.8 Å². The quantitative estimate of drug-likeness (QED) is 0.416. The third-order valence-corrected chi connectivity index (χ3v) is 4.80. The summed E-state index contributed by atoms with van der Waals surface area (Å²) in [7, 11) is 0. The Morgan fingerprint density at radius 3 is 2.58 bits per heavy atom. The molecule has 2 aliphatic carbocycles. The van der Waals surface area contributed by atoms with Crippen molar-refractivity contribution in [3.63, 3.8) is 0 Å².